The average Bonchev–Trinajstić information content (AvgIpc) is 2.77. The highest BCUT2D eigenvalue weighted by atomic mass is 32.1. The molecule has 0 aliphatic heterocycles. The molecule has 0 aliphatic carbocycles. The summed E-state index contributed by atoms with van der Waals surface area (Å²) in [7, 11) is 0. The van der Waals surface area contributed by atoms with Gasteiger partial charge in [0.2, 0.25) is 5.13 Å². The molecule has 0 aromatic carbocycles. The van der Waals surface area contributed by atoms with Gasteiger partial charge in [-0.1, -0.05) is 44.1 Å². The van der Waals surface area contributed by atoms with Crippen LogP contribution in [0.25, 0.3) is 0 Å². The van der Waals surface area contributed by atoms with Crippen LogP contribution < -0.4 is 5.32 Å². The van der Waals surface area contributed by atoms with Gasteiger partial charge in [-0.05, 0) is 19.8 Å². The molecule has 100 valence electrons. The van der Waals surface area contributed by atoms with Crippen LogP contribution >= 0.6 is 11.3 Å². The van der Waals surface area contributed by atoms with Crippen LogP contribution in [0.4, 0.5) is 5.13 Å². The van der Waals surface area contributed by atoms with Gasteiger partial charge in [0.25, 0.3) is 5.91 Å². The molecular formula is C13H21N3OS. The van der Waals surface area contributed by atoms with Gasteiger partial charge < -0.3 is 0 Å². The number of unbranched alkanes of at least 4 members (excludes halogenated alkanes) is 2. The van der Waals surface area contributed by atoms with Crippen molar-refractivity contribution < 1.29 is 4.79 Å². The molecule has 0 spiro atoms. The topological polar surface area (TPSA) is 54.9 Å². The fourth-order valence-electron chi connectivity index (χ4n) is 1.53. The van der Waals surface area contributed by atoms with E-state index < -0.39 is 0 Å². The van der Waals surface area contributed by atoms with E-state index in [1.807, 2.05) is 19.9 Å². The quantitative estimate of drug-likeness (QED) is 0.607. The van der Waals surface area contributed by atoms with Gasteiger partial charge in [-0.15, -0.1) is 10.2 Å². The summed E-state index contributed by atoms with van der Waals surface area (Å²) < 4.78 is 0. The highest BCUT2D eigenvalue weighted by Crippen LogP contribution is 2.18. The summed E-state index contributed by atoms with van der Waals surface area (Å²) >= 11 is 1.47. The van der Waals surface area contributed by atoms with Crippen molar-refractivity contribution in [1.82, 2.24) is 10.2 Å². The lowest BCUT2D eigenvalue weighted by Crippen LogP contribution is -2.12. The van der Waals surface area contributed by atoms with E-state index in [-0.39, 0.29) is 5.91 Å². The van der Waals surface area contributed by atoms with Crippen molar-refractivity contribution in [3.8, 4) is 0 Å². The third-order valence-electron chi connectivity index (χ3n) is 2.55. The zero-order chi connectivity index (χ0) is 13.4. The number of nitrogens with one attached hydrogen (secondary N) is 1. The molecule has 0 saturated heterocycles. The van der Waals surface area contributed by atoms with Crippen molar-refractivity contribution >= 4 is 22.4 Å². The Morgan fingerprint density at radius 3 is 2.78 bits per heavy atom. The van der Waals surface area contributed by atoms with Crippen molar-refractivity contribution in [3.05, 3.63) is 16.7 Å². The fourth-order valence-corrected chi connectivity index (χ4v) is 2.30. The number of carbonyl (C=O) groups excluding carboxylic acids is 1. The van der Waals surface area contributed by atoms with Gasteiger partial charge in [0.15, 0.2) is 0 Å². The molecule has 1 rings (SSSR count). The van der Waals surface area contributed by atoms with Gasteiger partial charge in [-0.3, -0.25) is 10.1 Å². The minimum atomic E-state index is -0.0897. The first-order valence-electron chi connectivity index (χ1n) is 6.47. The Morgan fingerprint density at radius 2 is 2.11 bits per heavy atom. The second-order valence-corrected chi connectivity index (χ2v) is 5.27. The van der Waals surface area contributed by atoms with E-state index in [2.05, 4.69) is 22.4 Å². The molecule has 1 amide bonds. The Bertz CT molecular complexity index is 412. The third kappa shape index (κ3) is 4.96. The SMILES string of the molecule is CC/C=C(\C)C(=O)Nc1nnc(CCCCC)s1. The zero-order valence-electron chi connectivity index (χ0n) is 11.3. The Balaban J connectivity index is 2.48. The van der Waals surface area contributed by atoms with E-state index in [0.29, 0.717) is 5.13 Å². The molecule has 0 aliphatic rings. The lowest BCUT2D eigenvalue weighted by Gasteiger charge is -1.99. The molecule has 1 heterocycles. The summed E-state index contributed by atoms with van der Waals surface area (Å²) in [5.74, 6) is -0.0897. The second-order valence-electron chi connectivity index (χ2n) is 4.21. The lowest BCUT2D eigenvalue weighted by atomic mass is 10.2. The monoisotopic (exact) mass is 267 g/mol. The maximum atomic E-state index is 11.7. The summed E-state index contributed by atoms with van der Waals surface area (Å²) in [6, 6.07) is 0. The highest BCUT2D eigenvalue weighted by molar-refractivity contribution is 7.15. The van der Waals surface area contributed by atoms with Gasteiger partial charge in [0.1, 0.15) is 5.01 Å². The Morgan fingerprint density at radius 1 is 1.33 bits per heavy atom. The third-order valence-corrected chi connectivity index (χ3v) is 3.45. The number of nitrogens with zero attached hydrogens (tertiary/aromatic N) is 2. The molecule has 0 saturated carbocycles. The predicted octanol–water partition coefficient (Wildman–Crippen LogP) is 3.57. The average molecular weight is 267 g/mol. The highest BCUT2D eigenvalue weighted by Gasteiger charge is 2.09. The minimum Gasteiger partial charge on any atom is -0.297 e. The van der Waals surface area contributed by atoms with Crippen LogP contribution in [0.15, 0.2) is 11.6 Å². The first kappa shape index (κ1) is 14.8. The number of hydrogen-bond acceptors (Lipinski definition) is 4. The van der Waals surface area contributed by atoms with Crippen LogP contribution in [0, 0.1) is 0 Å². The number of anilines is 1. The van der Waals surface area contributed by atoms with Crippen molar-refractivity contribution in [2.75, 3.05) is 5.32 Å². The molecule has 1 N–H and O–H groups in total. The van der Waals surface area contributed by atoms with Crippen molar-refractivity contribution in [1.29, 1.82) is 0 Å². The summed E-state index contributed by atoms with van der Waals surface area (Å²) in [4.78, 5) is 11.7. The first-order chi connectivity index (χ1) is 8.67. The molecular weight excluding hydrogens is 246 g/mol. The number of hydrogen-bond donors (Lipinski definition) is 1. The van der Waals surface area contributed by atoms with E-state index in [9.17, 15) is 4.79 Å². The molecule has 0 unspecified atom stereocenters. The number of aryl methyl sites for hydroxylation is 1. The van der Waals surface area contributed by atoms with Crippen LogP contribution in [0.2, 0.25) is 0 Å². The maximum Gasteiger partial charge on any atom is 0.252 e. The summed E-state index contributed by atoms with van der Waals surface area (Å²) in [5.41, 5.74) is 0.722. The Kier molecular flexibility index (Phi) is 6.57. The minimum absolute atomic E-state index is 0.0897. The number of aromatic nitrogens is 2. The molecule has 0 bridgehead atoms. The van der Waals surface area contributed by atoms with E-state index in [4.69, 9.17) is 0 Å². The van der Waals surface area contributed by atoms with E-state index >= 15 is 0 Å². The van der Waals surface area contributed by atoms with E-state index in [0.717, 1.165) is 29.8 Å². The van der Waals surface area contributed by atoms with Crippen molar-refractivity contribution in [3.63, 3.8) is 0 Å². The molecule has 5 heteroatoms. The smallest absolute Gasteiger partial charge is 0.252 e. The fraction of sp³-hybridized carbons (Fsp3) is 0.615. The molecule has 0 atom stereocenters. The van der Waals surface area contributed by atoms with Crippen LogP contribution in [0.1, 0.15) is 51.5 Å². The standard InChI is InChI=1S/C13H21N3OS/c1-4-6-7-9-11-15-16-13(18-11)14-12(17)10(3)8-5-2/h8H,4-7,9H2,1-3H3,(H,14,16,17)/b10-8+. The van der Waals surface area contributed by atoms with Gasteiger partial charge in [-0.2, -0.15) is 0 Å². The predicted molar refractivity (Wildman–Crippen MR) is 75.8 cm³/mol. The number of carbonyl (C=O) groups is 1. The molecule has 0 fully saturated rings. The van der Waals surface area contributed by atoms with Gasteiger partial charge in [0, 0.05) is 12.0 Å². The molecule has 0 radical (unpaired) electrons. The van der Waals surface area contributed by atoms with Gasteiger partial charge in [-0.25, -0.2) is 0 Å². The van der Waals surface area contributed by atoms with Crippen LogP contribution in [0.3, 0.4) is 0 Å². The summed E-state index contributed by atoms with van der Waals surface area (Å²) in [5, 5.41) is 12.4. The Hall–Kier alpha value is -1.23. The maximum absolute atomic E-state index is 11.7. The normalized spacial score (nSPS) is 11.6. The van der Waals surface area contributed by atoms with Crippen molar-refractivity contribution in [2.24, 2.45) is 0 Å². The largest absolute Gasteiger partial charge is 0.297 e. The zero-order valence-corrected chi connectivity index (χ0v) is 12.1. The molecule has 1 aromatic heterocycles. The van der Waals surface area contributed by atoms with Crippen LogP contribution in [-0.4, -0.2) is 16.1 Å². The number of allylic oxidation sites excluding steroid dienone is 1. The molecule has 1 aromatic rings. The Labute approximate surface area is 113 Å². The summed E-state index contributed by atoms with van der Waals surface area (Å²) in [6.07, 6.45) is 7.25. The first-order valence-corrected chi connectivity index (χ1v) is 7.29. The van der Waals surface area contributed by atoms with Crippen LogP contribution in [0.5, 0.6) is 0 Å². The molecule has 4 nitrogen and oxygen atoms in total. The lowest BCUT2D eigenvalue weighted by molar-refractivity contribution is -0.112. The van der Waals surface area contributed by atoms with E-state index in [1.54, 1.807) is 0 Å². The molecule has 18 heavy (non-hydrogen) atoms. The number of rotatable bonds is 7. The number of amides is 1. The second kappa shape index (κ2) is 7.97. The van der Waals surface area contributed by atoms with Crippen molar-refractivity contribution in [2.45, 2.75) is 52.9 Å². The van der Waals surface area contributed by atoms with Gasteiger partial charge >= 0.3 is 0 Å². The summed E-state index contributed by atoms with van der Waals surface area (Å²) in [6.45, 7) is 5.99. The van der Waals surface area contributed by atoms with Crippen LogP contribution in [-0.2, 0) is 11.2 Å². The van der Waals surface area contributed by atoms with Gasteiger partial charge in [0.05, 0.1) is 0 Å². The van der Waals surface area contributed by atoms with E-state index in [1.165, 1.54) is 24.2 Å².